The van der Waals surface area contributed by atoms with Crippen molar-refractivity contribution in [3.63, 3.8) is 0 Å². The van der Waals surface area contributed by atoms with Crippen LogP contribution >= 0.6 is 11.6 Å². The minimum atomic E-state index is 0.701. The number of fused-ring (bicyclic) bond motifs is 1. The van der Waals surface area contributed by atoms with Crippen LogP contribution in [-0.2, 0) is 6.42 Å². The van der Waals surface area contributed by atoms with E-state index in [9.17, 15) is 0 Å². The number of anilines is 1. The van der Waals surface area contributed by atoms with Gasteiger partial charge in [0.25, 0.3) is 0 Å². The number of hydrogen-bond acceptors (Lipinski definition) is 2. The van der Waals surface area contributed by atoms with Gasteiger partial charge in [-0.3, -0.25) is 0 Å². The molecule has 2 aromatic rings. The van der Waals surface area contributed by atoms with Crippen LogP contribution in [0.25, 0.3) is 10.9 Å². The minimum absolute atomic E-state index is 0.701. The highest BCUT2D eigenvalue weighted by atomic mass is 35.5. The quantitative estimate of drug-likeness (QED) is 0.838. The molecular weight excluding hydrogens is 208 g/mol. The van der Waals surface area contributed by atoms with E-state index >= 15 is 0 Å². The Morgan fingerprint density at radius 1 is 1.40 bits per heavy atom. The molecule has 0 aliphatic carbocycles. The average molecular weight is 221 g/mol. The number of para-hydroxylation sites is 1. The SMILES string of the molecule is CCc1cc2cccc(Cl)c2nc1NC. The van der Waals surface area contributed by atoms with Gasteiger partial charge in [0.15, 0.2) is 0 Å². The fraction of sp³-hybridized carbons (Fsp3) is 0.250. The Morgan fingerprint density at radius 2 is 2.20 bits per heavy atom. The van der Waals surface area contributed by atoms with E-state index in [0.29, 0.717) is 5.02 Å². The van der Waals surface area contributed by atoms with Gasteiger partial charge in [-0.1, -0.05) is 30.7 Å². The van der Waals surface area contributed by atoms with Crippen molar-refractivity contribution in [1.82, 2.24) is 4.98 Å². The molecule has 0 amide bonds. The fourth-order valence-electron chi connectivity index (χ4n) is 1.69. The monoisotopic (exact) mass is 220 g/mol. The van der Waals surface area contributed by atoms with Crippen LogP contribution in [0, 0.1) is 0 Å². The van der Waals surface area contributed by atoms with E-state index in [4.69, 9.17) is 11.6 Å². The summed E-state index contributed by atoms with van der Waals surface area (Å²) in [6.45, 7) is 2.12. The van der Waals surface area contributed by atoms with E-state index in [1.54, 1.807) is 0 Å². The molecule has 1 heterocycles. The molecule has 1 aromatic heterocycles. The molecule has 0 saturated carbocycles. The van der Waals surface area contributed by atoms with Crippen molar-refractivity contribution in [1.29, 1.82) is 0 Å². The lowest BCUT2D eigenvalue weighted by molar-refractivity contribution is 1.12. The zero-order valence-corrected chi connectivity index (χ0v) is 9.60. The molecule has 78 valence electrons. The lowest BCUT2D eigenvalue weighted by atomic mass is 10.1. The van der Waals surface area contributed by atoms with Crippen molar-refractivity contribution in [2.45, 2.75) is 13.3 Å². The van der Waals surface area contributed by atoms with Gasteiger partial charge in [0.05, 0.1) is 10.5 Å². The summed E-state index contributed by atoms with van der Waals surface area (Å²) in [6.07, 6.45) is 0.964. The Hall–Kier alpha value is -1.28. The van der Waals surface area contributed by atoms with Crippen LogP contribution in [0.1, 0.15) is 12.5 Å². The molecule has 2 rings (SSSR count). The first-order chi connectivity index (χ1) is 7.26. The molecule has 0 fully saturated rings. The largest absolute Gasteiger partial charge is 0.373 e. The van der Waals surface area contributed by atoms with Gasteiger partial charge in [-0.25, -0.2) is 4.98 Å². The highest BCUT2D eigenvalue weighted by Gasteiger charge is 2.05. The Balaban J connectivity index is 2.75. The highest BCUT2D eigenvalue weighted by Crippen LogP contribution is 2.25. The molecule has 0 unspecified atom stereocenters. The van der Waals surface area contributed by atoms with Gasteiger partial charge in [-0.05, 0) is 24.1 Å². The molecule has 3 heteroatoms. The standard InChI is InChI=1S/C12H13ClN2/c1-3-8-7-9-5-4-6-10(13)11(9)15-12(8)14-2/h4-7H,3H2,1-2H3,(H,14,15). The van der Waals surface area contributed by atoms with Crippen LogP contribution < -0.4 is 5.32 Å². The lowest BCUT2D eigenvalue weighted by Gasteiger charge is -2.08. The number of nitrogens with zero attached hydrogens (tertiary/aromatic N) is 1. The first-order valence-corrected chi connectivity index (χ1v) is 5.40. The fourth-order valence-corrected chi connectivity index (χ4v) is 1.92. The van der Waals surface area contributed by atoms with Crippen molar-refractivity contribution in [3.05, 3.63) is 34.9 Å². The molecule has 0 atom stereocenters. The summed E-state index contributed by atoms with van der Waals surface area (Å²) < 4.78 is 0. The molecule has 0 bridgehead atoms. The Kier molecular flexibility index (Phi) is 2.78. The third-order valence-corrected chi connectivity index (χ3v) is 2.80. The van der Waals surface area contributed by atoms with E-state index in [-0.39, 0.29) is 0 Å². The van der Waals surface area contributed by atoms with E-state index in [1.165, 1.54) is 5.56 Å². The molecule has 0 saturated heterocycles. The summed E-state index contributed by atoms with van der Waals surface area (Å²) >= 11 is 6.09. The molecule has 1 N–H and O–H groups in total. The zero-order chi connectivity index (χ0) is 10.8. The summed E-state index contributed by atoms with van der Waals surface area (Å²) in [4.78, 5) is 4.52. The Labute approximate surface area is 94.3 Å². The van der Waals surface area contributed by atoms with Gasteiger partial charge in [0.2, 0.25) is 0 Å². The zero-order valence-electron chi connectivity index (χ0n) is 8.84. The summed E-state index contributed by atoms with van der Waals surface area (Å²) in [6, 6.07) is 7.99. The Morgan fingerprint density at radius 3 is 2.87 bits per heavy atom. The Bertz CT molecular complexity index is 494. The predicted molar refractivity (Wildman–Crippen MR) is 65.7 cm³/mol. The second kappa shape index (κ2) is 4.07. The van der Waals surface area contributed by atoms with Crippen LogP contribution in [0.15, 0.2) is 24.3 Å². The second-order valence-electron chi connectivity index (χ2n) is 3.41. The molecule has 1 aromatic carbocycles. The molecule has 0 spiro atoms. The summed E-state index contributed by atoms with van der Waals surface area (Å²) in [5, 5.41) is 4.89. The number of nitrogens with one attached hydrogen (secondary N) is 1. The third-order valence-electron chi connectivity index (χ3n) is 2.49. The van der Waals surface area contributed by atoms with E-state index in [1.807, 2.05) is 25.2 Å². The van der Waals surface area contributed by atoms with Gasteiger partial charge in [-0.15, -0.1) is 0 Å². The van der Waals surface area contributed by atoms with Crippen molar-refractivity contribution in [2.75, 3.05) is 12.4 Å². The molecule has 15 heavy (non-hydrogen) atoms. The number of halogens is 1. The van der Waals surface area contributed by atoms with Crippen molar-refractivity contribution in [2.24, 2.45) is 0 Å². The van der Waals surface area contributed by atoms with Crippen molar-refractivity contribution >= 4 is 28.3 Å². The van der Waals surface area contributed by atoms with E-state index in [2.05, 4.69) is 23.3 Å². The number of pyridine rings is 1. The van der Waals surface area contributed by atoms with Crippen molar-refractivity contribution in [3.8, 4) is 0 Å². The van der Waals surface area contributed by atoms with Crippen LogP contribution in [0.4, 0.5) is 5.82 Å². The van der Waals surface area contributed by atoms with E-state index < -0.39 is 0 Å². The van der Waals surface area contributed by atoms with Gasteiger partial charge in [-0.2, -0.15) is 0 Å². The second-order valence-corrected chi connectivity index (χ2v) is 3.82. The number of benzene rings is 1. The van der Waals surface area contributed by atoms with Crippen molar-refractivity contribution < 1.29 is 0 Å². The van der Waals surface area contributed by atoms with Gasteiger partial charge >= 0.3 is 0 Å². The summed E-state index contributed by atoms with van der Waals surface area (Å²) in [7, 11) is 1.88. The molecule has 0 radical (unpaired) electrons. The maximum Gasteiger partial charge on any atom is 0.129 e. The summed E-state index contributed by atoms with van der Waals surface area (Å²) in [5.74, 6) is 0.915. The number of rotatable bonds is 2. The normalized spacial score (nSPS) is 10.6. The molecule has 0 aliphatic rings. The summed E-state index contributed by atoms with van der Waals surface area (Å²) in [5.41, 5.74) is 2.08. The van der Waals surface area contributed by atoms with Gasteiger partial charge in [0, 0.05) is 12.4 Å². The smallest absolute Gasteiger partial charge is 0.129 e. The molecular formula is C12H13ClN2. The van der Waals surface area contributed by atoms with E-state index in [0.717, 1.165) is 23.1 Å². The maximum absolute atomic E-state index is 6.09. The minimum Gasteiger partial charge on any atom is -0.373 e. The number of hydrogen-bond donors (Lipinski definition) is 1. The molecule has 2 nitrogen and oxygen atoms in total. The van der Waals surface area contributed by atoms with Crippen LogP contribution in [0.5, 0.6) is 0 Å². The number of aromatic nitrogens is 1. The molecule has 0 aliphatic heterocycles. The van der Waals surface area contributed by atoms with Gasteiger partial charge < -0.3 is 5.32 Å². The first-order valence-electron chi connectivity index (χ1n) is 5.02. The van der Waals surface area contributed by atoms with Crippen LogP contribution in [-0.4, -0.2) is 12.0 Å². The predicted octanol–water partition coefficient (Wildman–Crippen LogP) is 3.49. The number of aryl methyl sites for hydroxylation is 1. The van der Waals surface area contributed by atoms with Crippen LogP contribution in [0.3, 0.4) is 0 Å². The van der Waals surface area contributed by atoms with Gasteiger partial charge in [0.1, 0.15) is 5.82 Å². The lowest BCUT2D eigenvalue weighted by Crippen LogP contribution is -1.98. The third kappa shape index (κ3) is 1.77. The maximum atomic E-state index is 6.09. The van der Waals surface area contributed by atoms with Crippen LogP contribution in [0.2, 0.25) is 5.02 Å². The first kappa shape index (κ1) is 10.2. The highest BCUT2D eigenvalue weighted by molar-refractivity contribution is 6.35. The topological polar surface area (TPSA) is 24.9 Å². The average Bonchev–Trinajstić information content (AvgIpc) is 2.28.